The number of rotatable bonds is 9. The van der Waals surface area contributed by atoms with E-state index in [9.17, 15) is 4.79 Å². The molecule has 0 saturated carbocycles. The molecule has 41 heavy (non-hydrogen) atoms. The van der Waals surface area contributed by atoms with Crippen molar-refractivity contribution in [2.24, 2.45) is 5.92 Å². The van der Waals surface area contributed by atoms with Crippen LogP contribution < -0.4 is 10.6 Å². The minimum atomic E-state index is -0.154. The van der Waals surface area contributed by atoms with Gasteiger partial charge in [0.2, 0.25) is 0 Å². The number of pyridine rings is 1. The van der Waals surface area contributed by atoms with Gasteiger partial charge >= 0.3 is 0 Å². The number of hydrogen-bond acceptors (Lipinski definition) is 5. The van der Waals surface area contributed by atoms with Gasteiger partial charge in [0, 0.05) is 46.9 Å². The van der Waals surface area contributed by atoms with Crippen LogP contribution in [0.4, 0.5) is 5.82 Å². The molecule has 0 aliphatic carbocycles. The van der Waals surface area contributed by atoms with E-state index in [1.54, 1.807) is 0 Å². The molecule has 6 rings (SSSR count). The monoisotopic (exact) mass is 599 g/mol. The Hall–Kier alpha value is -2.65. The molecular formula is C31H43Cl2N7O. The van der Waals surface area contributed by atoms with E-state index in [1.807, 2.05) is 37.4 Å². The van der Waals surface area contributed by atoms with Crippen LogP contribution in [0.3, 0.4) is 0 Å². The number of carbonyl (C=O) groups is 1. The summed E-state index contributed by atoms with van der Waals surface area (Å²) in [7, 11) is 2.17. The number of aromatic amines is 1. The van der Waals surface area contributed by atoms with Gasteiger partial charge in [0.1, 0.15) is 5.82 Å². The average molecular weight is 601 g/mol. The predicted octanol–water partition coefficient (Wildman–Crippen LogP) is 6.64. The topological polar surface area (TPSA) is 90.9 Å². The number of anilines is 1. The zero-order valence-electron chi connectivity index (χ0n) is 24.1. The summed E-state index contributed by atoms with van der Waals surface area (Å²) < 4.78 is 2.08. The maximum Gasteiger partial charge on any atom is 0.256 e. The van der Waals surface area contributed by atoms with E-state index in [0.717, 1.165) is 59.3 Å². The quantitative estimate of drug-likeness (QED) is 0.187. The molecule has 1 aromatic carbocycles. The van der Waals surface area contributed by atoms with E-state index in [0.29, 0.717) is 17.4 Å². The number of likely N-dealkylation sites (tertiary alicyclic amines) is 1. The van der Waals surface area contributed by atoms with Crippen LogP contribution in [-0.4, -0.2) is 57.2 Å². The van der Waals surface area contributed by atoms with Gasteiger partial charge in [0.15, 0.2) is 0 Å². The molecule has 222 valence electrons. The van der Waals surface area contributed by atoms with Crippen molar-refractivity contribution in [3.63, 3.8) is 0 Å². The molecule has 2 saturated heterocycles. The number of benzene rings is 1. The van der Waals surface area contributed by atoms with Crippen molar-refractivity contribution in [3.05, 3.63) is 53.5 Å². The number of nitrogens with zero attached hydrogens (tertiary/aromatic N) is 4. The Morgan fingerprint density at radius 2 is 1.90 bits per heavy atom. The number of H-pyrrole nitrogens is 1. The zero-order chi connectivity index (χ0) is 26.8. The van der Waals surface area contributed by atoms with Crippen LogP contribution >= 0.6 is 24.8 Å². The van der Waals surface area contributed by atoms with Crippen molar-refractivity contribution in [2.45, 2.75) is 70.9 Å². The van der Waals surface area contributed by atoms with Crippen LogP contribution in [-0.2, 0) is 6.54 Å². The minimum absolute atomic E-state index is 0. The Bertz CT molecular complexity index is 1460. The average Bonchev–Trinajstić information content (AvgIpc) is 3.65. The third-order valence-corrected chi connectivity index (χ3v) is 8.79. The van der Waals surface area contributed by atoms with Gasteiger partial charge < -0.3 is 15.6 Å². The summed E-state index contributed by atoms with van der Waals surface area (Å²) in [6.07, 6.45) is 11.8. The first-order valence-electron chi connectivity index (χ1n) is 14.7. The number of aromatic nitrogens is 4. The zero-order valence-corrected chi connectivity index (χ0v) is 25.8. The second-order valence-corrected chi connectivity index (χ2v) is 11.6. The van der Waals surface area contributed by atoms with E-state index < -0.39 is 0 Å². The molecule has 3 N–H and O–H groups in total. The maximum absolute atomic E-state index is 13.2. The lowest BCUT2D eigenvalue weighted by Crippen LogP contribution is -2.27. The van der Waals surface area contributed by atoms with Gasteiger partial charge in [-0.15, -0.1) is 24.8 Å². The van der Waals surface area contributed by atoms with Crippen LogP contribution in [0.2, 0.25) is 0 Å². The number of hydrogen-bond donors (Lipinski definition) is 3. The highest BCUT2D eigenvalue weighted by molar-refractivity contribution is 6.06. The second kappa shape index (κ2) is 14.0. The summed E-state index contributed by atoms with van der Waals surface area (Å²) in [5.74, 6) is 1.29. The molecule has 0 unspecified atom stereocenters. The van der Waals surface area contributed by atoms with Gasteiger partial charge in [-0.25, -0.2) is 4.98 Å². The fourth-order valence-corrected chi connectivity index (χ4v) is 6.48. The lowest BCUT2D eigenvalue weighted by atomic mass is 9.92. The van der Waals surface area contributed by atoms with Crippen molar-refractivity contribution in [1.29, 1.82) is 0 Å². The first-order chi connectivity index (χ1) is 19.0. The summed E-state index contributed by atoms with van der Waals surface area (Å²) in [6, 6.07) is 10.4. The molecule has 2 fully saturated rings. The molecule has 0 spiro atoms. The summed E-state index contributed by atoms with van der Waals surface area (Å²) in [4.78, 5) is 23.7. The summed E-state index contributed by atoms with van der Waals surface area (Å²) in [5.41, 5.74) is 4.87. The minimum Gasteiger partial charge on any atom is -0.357 e. The highest BCUT2D eigenvalue weighted by Gasteiger charge is 2.24. The fourth-order valence-electron chi connectivity index (χ4n) is 6.48. The van der Waals surface area contributed by atoms with E-state index in [4.69, 9.17) is 5.10 Å². The lowest BCUT2D eigenvalue weighted by Gasteiger charge is -2.22. The lowest BCUT2D eigenvalue weighted by molar-refractivity contribution is 0.102. The Kier molecular flexibility index (Phi) is 10.7. The van der Waals surface area contributed by atoms with Crippen LogP contribution in [0.25, 0.3) is 21.8 Å². The molecule has 1 amide bonds. The molecule has 4 aromatic rings. The van der Waals surface area contributed by atoms with Gasteiger partial charge in [0.25, 0.3) is 5.91 Å². The van der Waals surface area contributed by atoms with E-state index in [2.05, 4.69) is 43.3 Å². The second-order valence-electron chi connectivity index (χ2n) is 11.6. The Morgan fingerprint density at radius 3 is 2.68 bits per heavy atom. The molecule has 2 aliphatic heterocycles. The number of amides is 1. The van der Waals surface area contributed by atoms with Crippen molar-refractivity contribution < 1.29 is 4.79 Å². The molecular weight excluding hydrogens is 557 g/mol. The first kappa shape index (κ1) is 31.3. The number of aryl methyl sites for hydroxylation is 2. The number of nitrogens with one attached hydrogen (secondary N) is 3. The molecule has 5 heterocycles. The van der Waals surface area contributed by atoms with Gasteiger partial charge in [-0.2, -0.15) is 5.10 Å². The summed E-state index contributed by atoms with van der Waals surface area (Å²) in [5, 5.41) is 13.4. The number of fused-ring (bicyclic) bond motifs is 2. The molecule has 1 atom stereocenters. The molecule has 10 heteroatoms. The fraction of sp³-hybridized carbons (Fsp3) is 0.516. The van der Waals surface area contributed by atoms with Crippen molar-refractivity contribution in [1.82, 2.24) is 30.0 Å². The van der Waals surface area contributed by atoms with Gasteiger partial charge in [-0.05, 0) is 89.8 Å². The number of unbranched alkanes of at least 4 members (excludes halogenated alkanes) is 2. The third-order valence-electron chi connectivity index (χ3n) is 8.79. The molecule has 3 aromatic heterocycles. The number of carbonyl (C=O) groups excluding carboxylic acids is 1. The van der Waals surface area contributed by atoms with Crippen LogP contribution in [0.5, 0.6) is 0 Å². The Balaban J connectivity index is 0.00000194. The van der Waals surface area contributed by atoms with Crippen LogP contribution in [0.1, 0.15) is 79.2 Å². The molecule has 0 bridgehead atoms. The predicted molar refractivity (Wildman–Crippen MR) is 172 cm³/mol. The van der Waals surface area contributed by atoms with Gasteiger partial charge in [-0.3, -0.25) is 14.4 Å². The molecule has 8 nitrogen and oxygen atoms in total. The maximum atomic E-state index is 13.2. The van der Waals surface area contributed by atoms with E-state index >= 15 is 0 Å². The number of halogens is 2. The van der Waals surface area contributed by atoms with Crippen molar-refractivity contribution in [2.75, 3.05) is 32.0 Å². The highest BCUT2D eigenvalue weighted by atomic mass is 35.5. The van der Waals surface area contributed by atoms with E-state index in [-0.39, 0.29) is 30.7 Å². The Morgan fingerprint density at radius 1 is 1.07 bits per heavy atom. The SMILES string of the molecule is Cc1nn(CCCCCC2CCNCC2)c2cc(C(=O)Nc3cc4[nH]c([C@H]5CCCN5C)cc4cn3)ccc12.Cl.Cl. The number of piperidine rings is 1. The van der Waals surface area contributed by atoms with Crippen LogP contribution in [0, 0.1) is 12.8 Å². The van der Waals surface area contributed by atoms with Crippen molar-refractivity contribution >= 4 is 58.3 Å². The van der Waals surface area contributed by atoms with Gasteiger partial charge in [-0.1, -0.05) is 25.3 Å². The standard InChI is InChI=1S/C31H41N7O.2ClH/c1-21-25-10-9-23(18-29(25)38(36-21)16-5-3-4-7-22-11-13-32-14-12-22)31(39)35-30-19-26-24(20-33-30)17-27(34-26)28-8-6-15-37(28)2;;/h9-10,17-20,22,28,32,34H,3-8,11-16H2,1-2H3,(H,33,35,39);2*1H/t28-;;/m1../s1. The van der Waals surface area contributed by atoms with Crippen molar-refractivity contribution in [3.8, 4) is 0 Å². The Labute approximate surface area is 254 Å². The van der Waals surface area contributed by atoms with Crippen LogP contribution in [0.15, 0.2) is 36.5 Å². The van der Waals surface area contributed by atoms with E-state index in [1.165, 1.54) is 57.3 Å². The normalized spacial score (nSPS) is 18.0. The summed E-state index contributed by atoms with van der Waals surface area (Å²) in [6.45, 7) is 6.40. The van der Waals surface area contributed by atoms with Gasteiger partial charge in [0.05, 0.1) is 16.7 Å². The largest absolute Gasteiger partial charge is 0.357 e. The highest BCUT2D eigenvalue weighted by Crippen LogP contribution is 2.32. The third kappa shape index (κ3) is 7.05. The molecule has 0 radical (unpaired) electrons. The molecule has 2 aliphatic rings. The smallest absolute Gasteiger partial charge is 0.256 e. The first-order valence-corrected chi connectivity index (χ1v) is 14.7. The summed E-state index contributed by atoms with van der Waals surface area (Å²) >= 11 is 0.